The van der Waals surface area contributed by atoms with Gasteiger partial charge < -0.3 is 4.74 Å². The number of hydrogen-bond donors (Lipinski definition) is 0. The largest absolute Gasteiger partial charge is 0.456 e. The summed E-state index contributed by atoms with van der Waals surface area (Å²) in [5.41, 5.74) is 2.06. The highest BCUT2D eigenvalue weighted by atomic mass is 16.6. The van der Waals surface area contributed by atoms with E-state index in [1.807, 2.05) is 18.2 Å². The Morgan fingerprint density at radius 1 is 1.08 bits per heavy atom. The Hall–Kier alpha value is -3.48. The highest BCUT2D eigenvalue weighted by Gasteiger charge is 2.43. The van der Waals surface area contributed by atoms with Crippen molar-refractivity contribution < 1.29 is 19.2 Å². The van der Waals surface area contributed by atoms with Crippen molar-refractivity contribution in [1.82, 2.24) is 0 Å². The predicted molar refractivity (Wildman–Crippen MR) is 92.4 cm³/mol. The summed E-state index contributed by atoms with van der Waals surface area (Å²) in [7, 11) is 0. The number of nitrogens with zero attached hydrogens (tertiary/aromatic N) is 2. The topological polar surface area (TPSA) is 89.7 Å². The van der Waals surface area contributed by atoms with Gasteiger partial charge in [0.15, 0.2) is 0 Å². The van der Waals surface area contributed by atoms with Crippen molar-refractivity contribution in [2.45, 2.75) is 12.3 Å². The van der Waals surface area contributed by atoms with Crippen LogP contribution >= 0.6 is 0 Å². The molecule has 4 rings (SSSR count). The van der Waals surface area contributed by atoms with Crippen LogP contribution in [0.25, 0.3) is 0 Å². The molecule has 0 fully saturated rings. The molecule has 130 valence electrons. The first kappa shape index (κ1) is 16.0. The van der Waals surface area contributed by atoms with Crippen LogP contribution in [-0.4, -0.2) is 23.4 Å². The van der Waals surface area contributed by atoms with E-state index in [4.69, 9.17) is 4.74 Å². The second kappa shape index (κ2) is 6.11. The van der Waals surface area contributed by atoms with Gasteiger partial charge in [-0.3, -0.25) is 19.8 Å². The molecule has 2 heterocycles. The van der Waals surface area contributed by atoms with Crippen LogP contribution in [0.5, 0.6) is 0 Å². The Morgan fingerprint density at radius 3 is 2.58 bits per heavy atom. The maximum Gasteiger partial charge on any atom is 0.336 e. The smallest absolute Gasteiger partial charge is 0.336 e. The first-order valence-electron chi connectivity index (χ1n) is 8.09. The molecule has 2 aromatic carbocycles. The van der Waals surface area contributed by atoms with Gasteiger partial charge in [0.2, 0.25) is 5.91 Å². The van der Waals surface area contributed by atoms with E-state index < -0.39 is 16.8 Å². The lowest BCUT2D eigenvalue weighted by atomic mass is 9.84. The van der Waals surface area contributed by atoms with E-state index in [0.717, 1.165) is 0 Å². The SMILES string of the molecule is O=C1OCC2=C1[C@H](c1cccc([N+](=O)[O-])c1)CC(=O)N2c1ccccc1. The molecular formula is C19H14N2O5. The Morgan fingerprint density at radius 2 is 1.85 bits per heavy atom. The number of non-ortho nitro benzene ring substituents is 1. The van der Waals surface area contributed by atoms with Crippen molar-refractivity contribution in [2.24, 2.45) is 0 Å². The van der Waals surface area contributed by atoms with Gasteiger partial charge >= 0.3 is 5.97 Å². The van der Waals surface area contributed by atoms with Gasteiger partial charge in [0.25, 0.3) is 5.69 Å². The fraction of sp³-hybridized carbons (Fsp3) is 0.158. The first-order valence-corrected chi connectivity index (χ1v) is 8.09. The number of anilines is 1. The molecule has 1 amide bonds. The van der Waals surface area contributed by atoms with Gasteiger partial charge in [-0.2, -0.15) is 0 Å². The summed E-state index contributed by atoms with van der Waals surface area (Å²) in [6.07, 6.45) is 0.0456. The molecule has 0 saturated heterocycles. The molecule has 0 bridgehead atoms. The minimum Gasteiger partial charge on any atom is -0.456 e. The second-order valence-electron chi connectivity index (χ2n) is 6.11. The standard InChI is InChI=1S/C19H14N2O5/c22-17-10-15(12-5-4-8-14(9-12)21(24)25)18-16(11-26-19(18)23)20(17)13-6-2-1-3-7-13/h1-9,15H,10-11H2/t15-/m0/s1. The van der Waals surface area contributed by atoms with Gasteiger partial charge in [0.1, 0.15) is 6.61 Å². The van der Waals surface area contributed by atoms with E-state index in [9.17, 15) is 19.7 Å². The van der Waals surface area contributed by atoms with Crippen LogP contribution < -0.4 is 4.90 Å². The number of esters is 1. The van der Waals surface area contributed by atoms with Crippen molar-refractivity contribution in [1.29, 1.82) is 0 Å². The normalized spacial score (nSPS) is 19.4. The summed E-state index contributed by atoms with van der Waals surface area (Å²) in [6.45, 7) is 0.0141. The van der Waals surface area contributed by atoms with Crippen LogP contribution in [0.3, 0.4) is 0 Å². The molecule has 0 aliphatic carbocycles. The van der Waals surface area contributed by atoms with Crippen LogP contribution in [0.1, 0.15) is 17.9 Å². The molecule has 2 aliphatic rings. The van der Waals surface area contributed by atoms with Crippen molar-refractivity contribution >= 4 is 23.3 Å². The van der Waals surface area contributed by atoms with E-state index in [1.165, 1.54) is 17.0 Å². The molecule has 0 aromatic heterocycles. The zero-order valence-electron chi connectivity index (χ0n) is 13.6. The highest BCUT2D eigenvalue weighted by Crippen LogP contribution is 2.42. The summed E-state index contributed by atoms with van der Waals surface area (Å²) in [5, 5.41) is 11.1. The molecule has 0 radical (unpaired) electrons. The third-order valence-corrected chi connectivity index (χ3v) is 4.62. The van der Waals surface area contributed by atoms with E-state index >= 15 is 0 Å². The van der Waals surface area contributed by atoms with Crippen molar-refractivity contribution in [3.63, 3.8) is 0 Å². The Balaban J connectivity index is 1.83. The van der Waals surface area contributed by atoms with Crippen LogP contribution in [0, 0.1) is 10.1 Å². The summed E-state index contributed by atoms with van der Waals surface area (Å²) in [6, 6.07) is 15.1. The zero-order valence-corrected chi connectivity index (χ0v) is 13.6. The summed E-state index contributed by atoms with van der Waals surface area (Å²) in [5.74, 6) is -1.21. The zero-order chi connectivity index (χ0) is 18.3. The lowest BCUT2D eigenvalue weighted by Crippen LogP contribution is -2.37. The third-order valence-electron chi connectivity index (χ3n) is 4.62. The van der Waals surface area contributed by atoms with Crippen LogP contribution in [0.15, 0.2) is 65.9 Å². The molecule has 7 heteroatoms. The number of amides is 1. The third kappa shape index (κ3) is 2.54. The maximum absolute atomic E-state index is 12.8. The molecule has 0 N–H and O–H groups in total. The van der Waals surface area contributed by atoms with Crippen LogP contribution in [0.4, 0.5) is 11.4 Å². The predicted octanol–water partition coefficient (Wildman–Crippen LogP) is 2.93. The van der Waals surface area contributed by atoms with Crippen LogP contribution in [-0.2, 0) is 14.3 Å². The number of benzene rings is 2. The average molecular weight is 350 g/mol. The summed E-state index contributed by atoms with van der Waals surface area (Å²) in [4.78, 5) is 37.3. The second-order valence-corrected chi connectivity index (χ2v) is 6.11. The number of rotatable bonds is 3. The quantitative estimate of drug-likeness (QED) is 0.482. The van der Waals surface area contributed by atoms with Crippen molar-refractivity contribution in [3.8, 4) is 0 Å². The van der Waals surface area contributed by atoms with E-state index in [-0.39, 0.29) is 24.6 Å². The number of carbonyl (C=O) groups excluding carboxylic acids is 2. The number of hydrogen-bond acceptors (Lipinski definition) is 5. The molecule has 0 saturated carbocycles. The van der Waals surface area contributed by atoms with Gasteiger partial charge in [0.05, 0.1) is 16.2 Å². The van der Waals surface area contributed by atoms with E-state index in [0.29, 0.717) is 22.5 Å². The number of cyclic esters (lactones) is 1. The fourth-order valence-corrected chi connectivity index (χ4v) is 3.47. The molecule has 1 atom stereocenters. The molecule has 7 nitrogen and oxygen atoms in total. The maximum atomic E-state index is 12.8. The lowest BCUT2D eigenvalue weighted by Gasteiger charge is -2.31. The van der Waals surface area contributed by atoms with Crippen molar-refractivity contribution in [3.05, 3.63) is 81.5 Å². The Kier molecular flexibility index (Phi) is 3.76. The number of nitro benzene ring substituents is 1. The number of carbonyl (C=O) groups is 2. The minimum absolute atomic E-state index is 0.0141. The average Bonchev–Trinajstić information content (AvgIpc) is 3.03. The lowest BCUT2D eigenvalue weighted by molar-refractivity contribution is -0.384. The summed E-state index contributed by atoms with van der Waals surface area (Å²) < 4.78 is 5.19. The van der Waals surface area contributed by atoms with Crippen molar-refractivity contribution in [2.75, 3.05) is 11.5 Å². The Bertz CT molecular complexity index is 951. The Labute approximate surface area is 148 Å². The highest BCUT2D eigenvalue weighted by molar-refractivity contribution is 6.06. The number of para-hydroxylation sites is 1. The van der Waals surface area contributed by atoms with Gasteiger partial charge in [-0.15, -0.1) is 0 Å². The van der Waals surface area contributed by atoms with Gasteiger partial charge in [-0.1, -0.05) is 30.3 Å². The number of nitro groups is 1. The molecule has 2 aromatic rings. The van der Waals surface area contributed by atoms with Gasteiger partial charge in [-0.25, -0.2) is 4.79 Å². The molecule has 26 heavy (non-hydrogen) atoms. The van der Waals surface area contributed by atoms with Crippen LogP contribution in [0.2, 0.25) is 0 Å². The first-order chi connectivity index (χ1) is 12.6. The van der Waals surface area contributed by atoms with E-state index in [2.05, 4.69) is 0 Å². The minimum atomic E-state index is -0.549. The number of ether oxygens (including phenoxy) is 1. The molecular weight excluding hydrogens is 336 g/mol. The molecule has 0 unspecified atom stereocenters. The molecule has 0 spiro atoms. The summed E-state index contributed by atoms with van der Waals surface area (Å²) >= 11 is 0. The molecule has 2 aliphatic heterocycles. The van der Waals surface area contributed by atoms with E-state index in [1.54, 1.807) is 24.3 Å². The fourth-order valence-electron chi connectivity index (χ4n) is 3.47. The van der Waals surface area contributed by atoms with Gasteiger partial charge in [-0.05, 0) is 17.7 Å². The van der Waals surface area contributed by atoms with Gasteiger partial charge in [0, 0.05) is 30.2 Å². The monoisotopic (exact) mass is 350 g/mol.